The Morgan fingerprint density at radius 3 is 3.29 bits per heavy atom. The van der Waals surface area contributed by atoms with Crippen LogP contribution < -0.4 is 5.32 Å². The molecule has 0 saturated carbocycles. The molecule has 1 N–H and O–H groups in total. The van der Waals surface area contributed by atoms with Crippen molar-refractivity contribution in [1.29, 1.82) is 0 Å². The van der Waals surface area contributed by atoms with E-state index in [1.54, 1.807) is 6.20 Å². The van der Waals surface area contributed by atoms with Gasteiger partial charge < -0.3 is 10.2 Å². The van der Waals surface area contributed by atoms with Crippen molar-refractivity contribution in [3.63, 3.8) is 0 Å². The van der Waals surface area contributed by atoms with E-state index >= 15 is 0 Å². The molecule has 2 aliphatic rings. The molecular weight excluding hydrogens is 178 g/mol. The van der Waals surface area contributed by atoms with E-state index in [0.717, 1.165) is 24.4 Å². The Morgan fingerprint density at radius 2 is 2.43 bits per heavy atom. The van der Waals surface area contributed by atoms with Crippen LogP contribution in [0.5, 0.6) is 0 Å². The normalized spacial score (nSPS) is 29.6. The summed E-state index contributed by atoms with van der Waals surface area (Å²) in [7, 11) is 0. The number of oxime groups is 1. The molecule has 1 fully saturated rings. The molecule has 0 aromatic carbocycles. The zero-order valence-corrected chi connectivity index (χ0v) is 7.68. The van der Waals surface area contributed by atoms with Crippen LogP contribution in [0.4, 0.5) is 0 Å². The minimum absolute atomic E-state index is 0.227. The Labute approximate surface area is 82.0 Å². The summed E-state index contributed by atoms with van der Waals surface area (Å²) in [5.41, 5.74) is 2.11. The molecule has 14 heavy (non-hydrogen) atoms. The summed E-state index contributed by atoms with van der Waals surface area (Å²) in [6, 6.07) is 3.95. The average Bonchev–Trinajstić information content (AvgIpc) is 2.79. The van der Waals surface area contributed by atoms with Crippen molar-refractivity contribution in [3.8, 4) is 0 Å². The molecule has 0 aliphatic carbocycles. The summed E-state index contributed by atoms with van der Waals surface area (Å²) in [6.07, 6.45) is 3.83. The summed E-state index contributed by atoms with van der Waals surface area (Å²) in [5.74, 6) is 0.402. The van der Waals surface area contributed by atoms with E-state index in [9.17, 15) is 0 Å². The van der Waals surface area contributed by atoms with Crippen LogP contribution >= 0.6 is 0 Å². The second-order valence-corrected chi connectivity index (χ2v) is 3.63. The third-order valence-corrected chi connectivity index (χ3v) is 2.75. The second kappa shape index (κ2) is 3.06. The highest BCUT2D eigenvalue weighted by Gasteiger charge is 2.38. The topological polar surface area (TPSA) is 46.5 Å². The number of pyridine rings is 1. The van der Waals surface area contributed by atoms with Crippen molar-refractivity contribution in [1.82, 2.24) is 10.3 Å². The molecule has 0 amide bonds. The molecule has 2 aliphatic heterocycles. The van der Waals surface area contributed by atoms with Gasteiger partial charge in [-0.2, -0.15) is 0 Å². The highest BCUT2D eigenvalue weighted by atomic mass is 16.6. The Morgan fingerprint density at radius 1 is 1.43 bits per heavy atom. The summed E-state index contributed by atoms with van der Waals surface area (Å²) < 4.78 is 0. The number of rotatable bonds is 1. The van der Waals surface area contributed by atoms with Crippen LogP contribution in [0.15, 0.2) is 29.7 Å². The molecule has 0 radical (unpaired) electrons. The summed E-state index contributed by atoms with van der Waals surface area (Å²) in [5, 5.41) is 7.42. The number of fused-ring (bicyclic) bond motifs is 1. The standard InChI is InChI=1S/C10H11N3O/c1-2-7(4-11-3-1)10-8-5-12-6-9(8)14-13-10/h1-4,8-9,12H,5-6H2/t8-,9+/m1/s1. The molecule has 1 saturated heterocycles. The second-order valence-electron chi connectivity index (χ2n) is 3.63. The van der Waals surface area contributed by atoms with Gasteiger partial charge >= 0.3 is 0 Å². The van der Waals surface area contributed by atoms with Gasteiger partial charge in [-0.1, -0.05) is 5.16 Å². The molecule has 0 bridgehead atoms. The highest BCUT2D eigenvalue weighted by Crippen LogP contribution is 2.25. The Bertz CT molecular complexity index is 363. The first-order valence-corrected chi connectivity index (χ1v) is 4.80. The largest absolute Gasteiger partial charge is 0.390 e. The van der Waals surface area contributed by atoms with Crippen molar-refractivity contribution >= 4 is 5.71 Å². The Hall–Kier alpha value is -1.42. The van der Waals surface area contributed by atoms with Gasteiger partial charge in [-0.25, -0.2) is 0 Å². The van der Waals surface area contributed by atoms with Gasteiger partial charge in [0.1, 0.15) is 6.10 Å². The van der Waals surface area contributed by atoms with Gasteiger partial charge in [-0.3, -0.25) is 4.98 Å². The van der Waals surface area contributed by atoms with Crippen LogP contribution in [-0.2, 0) is 4.84 Å². The summed E-state index contributed by atoms with van der Waals surface area (Å²) in [4.78, 5) is 9.43. The number of nitrogens with zero attached hydrogens (tertiary/aromatic N) is 2. The van der Waals surface area contributed by atoms with Gasteiger partial charge in [-0.05, 0) is 12.1 Å². The van der Waals surface area contributed by atoms with Gasteiger partial charge in [0.15, 0.2) is 0 Å². The van der Waals surface area contributed by atoms with E-state index in [2.05, 4.69) is 15.5 Å². The number of nitrogens with one attached hydrogen (secondary N) is 1. The predicted octanol–water partition coefficient (Wildman–Crippen LogP) is 0.404. The third kappa shape index (κ3) is 1.11. The quantitative estimate of drug-likeness (QED) is 0.695. The lowest BCUT2D eigenvalue weighted by atomic mass is 9.96. The van der Waals surface area contributed by atoms with Crippen LogP contribution in [0.2, 0.25) is 0 Å². The Balaban J connectivity index is 1.93. The maximum absolute atomic E-state index is 5.34. The molecule has 4 heteroatoms. The monoisotopic (exact) mass is 189 g/mol. The predicted molar refractivity (Wildman–Crippen MR) is 52.0 cm³/mol. The first-order valence-electron chi connectivity index (χ1n) is 4.80. The summed E-state index contributed by atoms with van der Waals surface area (Å²) >= 11 is 0. The van der Waals surface area contributed by atoms with Crippen molar-refractivity contribution in [2.75, 3.05) is 13.1 Å². The van der Waals surface area contributed by atoms with Gasteiger partial charge in [0.05, 0.1) is 11.6 Å². The summed E-state index contributed by atoms with van der Waals surface area (Å²) in [6.45, 7) is 1.86. The SMILES string of the molecule is c1cncc(C2=NO[C@H]3CNC[C@@H]23)c1. The van der Waals surface area contributed by atoms with Crippen molar-refractivity contribution in [2.24, 2.45) is 11.1 Å². The third-order valence-electron chi connectivity index (χ3n) is 2.75. The molecule has 72 valence electrons. The van der Waals surface area contributed by atoms with E-state index < -0.39 is 0 Å². The molecule has 3 rings (SSSR count). The zero-order valence-electron chi connectivity index (χ0n) is 7.68. The number of hydrogen-bond acceptors (Lipinski definition) is 4. The van der Waals surface area contributed by atoms with Crippen LogP contribution in [0.3, 0.4) is 0 Å². The molecule has 3 heterocycles. The maximum Gasteiger partial charge on any atom is 0.149 e. The molecule has 2 atom stereocenters. The fourth-order valence-electron chi connectivity index (χ4n) is 2.01. The minimum Gasteiger partial charge on any atom is -0.390 e. The fraction of sp³-hybridized carbons (Fsp3) is 0.400. The van der Waals surface area contributed by atoms with Gasteiger partial charge in [0.25, 0.3) is 0 Å². The zero-order chi connectivity index (χ0) is 9.38. The average molecular weight is 189 g/mol. The molecular formula is C10H11N3O. The lowest BCUT2D eigenvalue weighted by molar-refractivity contribution is 0.0842. The molecule has 1 aromatic heterocycles. The maximum atomic E-state index is 5.34. The lowest BCUT2D eigenvalue weighted by Gasteiger charge is -2.06. The molecule has 4 nitrogen and oxygen atoms in total. The van der Waals surface area contributed by atoms with E-state index in [1.807, 2.05) is 18.3 Å². The first-order chi connectivity index (χ1) is 6.95. The lowest BCUT2D eigenvalue weighted by Crippen LogP contribution is -2.21. The van der Waals surface area contributed by atoms with Crippen LogP contribution in [0.1, 0.15) is 5.56 Å². The van der Waals surface area contributed by atoms with Crippen molar-refractivity contribution in [2.45, 2.75) is 6.10 Å². The van der Waals surface area contributed by atoms with Crippen LogP contribution in [-0.4, -0.2) is 29.9 Å². The smallest absolute Gasteiger partial charge is 0.149 e. The molecule has 0 unspecified atom stereocenters. The van der Waals surface area contributed by atoms with Gasteiger partial charge in [0, 0.05) is 31.0 Å². The first kappa shape index (κ1) is 7.94. The van der Waals surface area contributed by atoms with E-state index in [-0.39, 0.29) is 6.10 Å². The van der Waals surface area contributed by atoms with Crippen molar-refractivity contribution in [3.05, 3.63) is 30.1 Å². The highest BCUT2D eigenvalue weighted by molar-refractivity contribution is 6.03. The minimum atomic E-state index is 0.227. The number of aromatic nitrogens is 1. The van der Waals surface area contributed by atoms with Crippen LogP contribution in [0, 0.1) is 5.92 Å². The number of hydrogen-bond donors (Lipinski definition) is 1. The molecule has 0 spiro atoms. The fourth-order valence-corrected chi connectivity index (χ4v) is 2.01. The van der Waals surface area contributed by atoms with E-state index in [1.165, 1.54) is 0 Å². The van der Waals surface area contributed by atoms with E-state index in [0.29, 0.717) is 5.92 Å². The van der Waals surface area contributed by atoms with Crippen molar-refractivity contribution < 1.29 is 4.84 Å². The van der Waals surface area contributed by atoms with Crippen LogP contribution in [0.25, 0.3) is 0 Å². The van der Waals surface area contributed by atoms with Gasteiger partial charge in [0.2, 0.25) is 0 Å². The molecule has 1 aromatic rings. The Kier molecular flexibility index (Phi) is 1.73. The van der Waals surface area contributed by atoms with Gasteiger partial charge in [-0.15, -0.1) is 0 Å². The van der Waals surface area contributed by atoms with E-state index in [4.69, 9.17) is 4.84 Å².